The van der Waals surface area contributed by atoms with E-state index in [-0.39, 0.29) is 0 Å². The van der Waals surface area contributed by atoms with E-state index < -0.39 is 0 Å². The van der Waals surface area contributed by atoms with E-state index in [1.54, 1.807) is 0 Å². The normalized spacial score (nSPS) is 31.5. The molecule has 0 aliphatic carbocycles. The van der Waals surface area contributed by atoms with Crippen molar-refractivity contribution in [3.05, 3.63) is 35.9 Å². The van der Waals surface area contributed by atoms with E-state index in [0.29, 0.717) is 6.04 Å². The standard InChI is InChI=1S/C13H18N2/c1-2-5-11(6-3-1)13-10-15-8-4-7-12(15)9-14-13/h1-3,5-6,12-14H,4,7-10H2/t12-,13-/m1/s1. The van der Waals surface area contributed by atoms with Gasteiger partial charge in [0.05, 0.1) is 0 Å². The number of nitrogens with one attached hydrogen (secondary N) is 1. The van der Waals surface area contributed by atoms with Gasteiger partial charge in [0.15, 0.2) is 0 Å². The van der Waals surface area contributed by atoms with Crippen molar-refractivity contribution in [1.29, 1.82) is 0 Å². The first-order chi connectivity index (χ1) is 7.43. The van der Waals surface area contributed by atoms with Crippen molar-refractivity contribution in [2.75, 3.05) is 19.6 Å². The van der Waals surface area contributed by atoms with Gasteiger partial charge in [-0.2, -0.15) is 0 Å². The molecule has 1 N–H and O–H groups in total. The van der Waals surface area contributed by atoms with Crippen LogP contribution in [-0.4, -0.2) is 30.6 Å². The summed E-state index contributed by atoms with van der Waals surface area (Å²) < 4.78 is 0. The molecule has 0 radical (unpaired) electrons. The minimum atomic E-state index is 0.542. The quantitative estimate of drug-likeness (QED) is 0.747. The van der Waals surface area contributed by atoms with E-state index in [0.717, 1.165) is 6.04 Å². The molecule has 2 fully saturated rings. The van der Waals surface area contributed by atoms with E-state index in [1.165, 1.54) is 38.0 Å². The third-order valence-corrected chi connectivity index (χ3v) is 3.72. The Labute approximate surface area is 91.3 Å². The van der Waals surface area contributed by atoms with E-state index >= 15 is 0 Å². The highest BCUT2D eigenvalue weighted by atomic mass is 15.2. The van der Waals surface area contributed by atoms with Gasteiger partial charge >= 0.3 is 0 Å². The molecule has 0 unspecified atom stereocenters. The van der Waals surface area contributed by atoms with Crippen molar-refractivity contribution < 1.29 is 0 Å². The lowest BCUT2D eigenvalue weighted by Crippen LogP contribution is -2.49. The number of nitrogens with zero attached hydrogens (tertiary/aromatic N) is 1. The summed E-state index contributed by atoms with van der Waals surface area (Å²) in [5, 5.41) is 3.67. The average Bonchev–Trinajstić information content (AvgIpc) is 2.77. The summed E-state index contributed by atoms with van der Waals surface area (Å²) in [5.74, 6) is 0. The number of hydrogen-bond acceptors (Lipinski definition) is 2. The van der Waals surface area contributed by atoms with Gasteiger partial charge in [0.1, 0.15) is 0 Å². The summed E-state index contributed by atoms with van der Waals surface area (Å²) in [6, 6.07) is 12.2. The zero-order valence-electron chi connectivity index (χ0n) is 9.02. The summed E-state index contributed by atoms with van der Waals surface area (Å²) in [5.41, 5.74) is 1.43. The van der Waals surface area contributed by atoms with Crippen LogP contribution in [0.1, 0.15) is 24.4 Å². The molecule has 0 amide bonds. The van der Waals surface area contributed by atoms with Gasteiger partial charge in [0, 0.05) is 25.2 Å². The molecule has 2 aliphatic rings. The average molecular weight is 202 g/mol. The summed E-state index contributed by atoms with van der Waals surface area (Å²) in [6.07, 6.45) is 2.77. The molecule has 1 aromatic carbocycles. The van der Waals surface area contributed by atoms with Crippen molar-refractivity contribution in [2.24, 2.45) is 0 Å². The van der Waals surface area contributed by atoms with Gasteiger partial charge in [0.25, 0.3) is 0 Å². The minimum Gasteiger partial charge on any atom is -0.307 e. The van der Waals surface area contributed by atoms with Crippen LogP contribution in [-0.2, 0) is 0 Å². The maximum absolute atomic E-state index is 3.67. The third kappa shape index (κ3) is 1.80. The Morgan fingerprint density at radius 1 is 1.20 bits per heavy atom. The van der Waals surface area contributed by atoms with Crippen molar-refractivity contribution in [2.45, 2.75) is 24.9 Å². The predicted octanol–water partition coefficient (Wildman–Crippen LogP) is 1.80. The fourth-order valence-electron chi connectivity index (χ4n) is 2.85. The molecule has 2 saturated heterocycles. The molecule has 0 aromatic heterocycles. The summed E-state index contributed by atoms with van der Waals surface area (Å²) >= 11 is 0. The fraction of sp³-hybridized carbons (Fsp3) is 0.538. The molecular formula is C13H18N2. The van der Waals surface area contributed by atoms with Gasteiger partial charge < -0.3 is 5.32 Å². The first-order valence-electron chi connectivity index (χ1n) is 5.96. The van der Waals surface area contributed by atoms with Crippen LogP contribution in [0.3, 0.4) is 0 Å². The van der Waals surface area contributed by atoms with Crippen LogP contribution in [0.5, 0.6) is 0 Å². The highest BCUT2D eigenvalue weighted by molar-refractivity contribution is 5.20. The predicted molar refractivity (Wildman–Crippen MR) is 61.8 cm³/mol. The molecule has 2 heterocycles. The van der Waals surface area contributed by atoms with Gasteiger partial charge in [-0.3, -0.25) is 4.90 Å². The van der Waals surface area contributed by atoms with Crippen LogP contribution in [0.15, 0.2) is 30.3 Å². The van der Waals surface area contributed by atoms with E-state index in [2.05, 4.69) is 40.5 Å². The van der Waals surface area contributed by atoms with Gasteiger partial charge in [-0.25, -0.2) is 0 Å². The number of rotatable bonds is 1. The first kappa shape index (κ1) is 9.37. The van der Waals surface area contributed by atoms with E-state index in [9.17, 15) is 0 Å². The van der Waals surface area contributed by atoms with Crippen LogP contribution in [0.25, 0.3) is 0 Å². The van der Waals surface area contributed by atoms with Gasteiger partial charge in [-0.1, -0.05) is 30.3 Å². The highest BCUT2D eigenvalue weighted by Gasteiger charge is 2.31. The van der Waals surface area contributed by atoms with Crippen molar-refractivity contribution in [3.8, 4) is 0 Å². The molecule has 2 heteroatoms. The van der Waals surface area contributed by atoms with Crippen LogP contribution < -0.4 is 5.32 Å². The van der Waals surface area contributed by atoms with Crippen LogP contribution in [0, 0.1) is 0 Å². The molecule has 1 aromatic rings. The van der Waals surface area contributed by atoms with Gasteiger partial charge in [0.2, 0.25) is 0 Å². The molecule has 0 saturated carbocycles. The van der Waals surface area contributed by atoms with Crippen LogP contribution in [0.4, 0.5) is 0 Å². The Balaban J connectivity index is 1.74. The number of fused-ring (bicyclic) bond motifs is 1. The SMILES string of the molecule is c1ccc([C@H]2CN3CCC[C@@H]3CN2)cc1. The zero-order valence-corrected chi connectivity index (χ0v) is 9.02. The van der Waals surface area contributed by atoms with E-state index in [4.69, 9.17) is 0 Å². The zero-order chi connectivity index (χ0) is 10.1. The summed E-state index contributed by atoms with van der Waals surface area (Å²) in [7, 11) is 0. The second-order valence-corrected chi connectivity index (χ2v) is 4.66. The molecule has 15 heavy (non-hydrogen) atoms. The largest absolute Gasteiger partial charge is 0.307 e. The molecule has 0 bridgehead atoms. The smallest absolute Gasteiger partial charge is 0.0449 e. The molecule has 2 nitrogen and oxygen atoms in total. The summed E-state index contributed by atoms with van der Waals surface area (Å²) in [4.78, 5) is 2.65. The van der Waals surface area contributed by atoms with E-state index in [1.807, 2.05) is 0 Å². The van der Waals surface area contributed by atoms with Crippen molar-refractivity contribution in [1.82, 2.24) is 10.2 Å². The summed E-state index contributed by atoms with van der Waals surface area (Å²) in [6.45, 7) is 3.66. The lowest BCUT2D eigenvalue weighted by molar-refractivity contribution is 0.174. The third-order valence-electron chi connectivity index (χ3n) is 3.72. The highest BCUT2D eigenvalue weighted by Crippen LogP contribution is 2.25. The first-order valence-corrected chi connectivity index (χ1v) is 5.96. The Bertz CT molecular complexity index is 323. The van der Waals surface area contributed by atoms with Crippen molar-refractivity contribution in [3.63, 3.8) is 0 Å². The fourth-order valence-corrected chi connectivity index (χ4v) is 2.85. The number of benzene rings is 1. The second kappa shape index (κ2) is 3.95. The Morgan fingerprint density at radius 3 is 2.93 bits per heavy atom. The minimum absolute atomic E-state index is 0.542. The molecular weight excluding hydrogens is 184 g/mol. The molecule has 80 valence electrons. The molecule has 3 rings (SSSR count). The molecule has 2 atom stereocenters. The Kier molecular flexibility index (Phi) is 2.47. The van der Waals surface area contributed by atoms with Crippen molar-refractivity contribution >= 4 is 0 Å². The van der Waals surface area contributed by atoms with Crippen LogP contribution in [0.2, 0.25) is 0 Å². The topological polar surface area (TPSA) is 15.3 Å². The molecule has 0 spiro atoms. The second-order valence-electron chi connectivity index (χ2n) is 4.66. The monoisotopic (exact) mass is 202 g/mol. The Morgan fingerprint density at radius 2 is 2.07 bits per heavy atom. The number of piperazine rings is 1. The lowest BCUT2D eigenvalue weighted by atomic mass is 10.0. The van der Waals surface area contributed by atoms with Gasteiger partial charge in [-0.05, 0) is 24.9 Å². The Hall–Kier alpha value is -0.860. The maximum Gasteiger partial charge on any atom is 0.0449 e. The lowest BCUT2D eigenvalue weighted by Gasteiger charge is -2.36. The number of hydrogen-bond donors (Lipinski definition) is 1. The maximum atomic E-state index is 3.67. The molecule has 2 aliphatic heterocycles. The van der Waals surface area contributed by atoms with Gasteiger partial charge in [-0.15, -0.1) is 0 Å². The van der Waals surface area contributed by atoms with Crippen LogP contribution >= 0.6 is 0 Å².